The molecule has 1 aromatic heterocycles. The van der Waals surface area contributed by atoms with Crippen LogP contribution in [0.1, 0.15) is 53.8 Å². The van der Waals surface area contributed by atoms with Gasteiger partial charge in [-0.1, -0.05) is 19.3 Å². The Morgan fingerprint density at radius 1 is 1.30 bits per heavy atom. The molecule has 1 aromatic rings. The van der Waals surface area contributed by atoms with Crippen LogP contribution in [0.4, 0.5) is 0 Å². The van der Waals surface area contributed by atoms with Gasteiger partial charge in [0.05, 0.1) is 17.0 Å². The molecular formula is C15H24N4O. The standard InChI is InChI=1S/C15H24N4O/c1-11-8-13(12(2)19-18-11)14(20)17-10-15(9-16)6-4-3-5-7-15/h8H,3-7,9-10,16H2,1-2H3,(H,17,20). The average molecular weight is 276 g/mol. The van der Waals surface area contributed by atoms with Crippen LogP contribution in [0.5, 0.6) is 0 Å². The van der Waals surface area contributed by atoms with E-state index in [-0.39, 0.29) is 11.3 Å². The zero-order valence-corrected chi connectivity index (χ0v) is 12.4. The van der Waals surface area contributed by atoms with Crippen LogP contribution in [0.2, 0.25) is 0 Å². The van der Waals surface area contributed by atoms with E-state index in [1.165, 1.54) is 19.3 Å². The van der Waals surface area contributed by atoms with Gasteiger partial charge in [-0.05, 0) is 44.7 Å². The minimum Gasteiger partial charge on any atom is -0.351 e. The molecule has 1 heterocycles. The number of carbonyl (C=O) groups is 1. The molecule has 1 aliphatic rings. The van der Waals surface area contributed by atoms with Gasteiger partial charge in [0.25, 0.3) is 5.91 Å². The van der Waals surface area contributed by atoms with Crippen molar-refractivity contribution in [3.05, 3.63) is 23.0 Å². The molecule has 5 nitrogen and oxygen atoms in total. The van der Waals surface area contributed by atoms with Crippen LogP contribution in [0.3, 0.4) is 0 Å². The first kappa shape index (κ1) is 14.9. The first-order valence-corrected chi connectivity index (χ1v) is 7.35. The summed E-state index contributed by atoms with van der Waals surface area (Å²) in [6.45, 7) is 4.94. The van der Waals surface area contributed by atoms with Gasteiger partial charge in [-0.3, -0.25) is 4.79 Å². The molecule has 0 unspecified atom stereocenters. The van der Waals surface area contributed by atoms with E-state index in [4.69, 9.17) is 5.73 Å². The number of hydrogen-bond acceptors (Lipinski definition) is 4. The van der Waals surface area contributed by atoms with Crippen LogP contribution in [0.15, 0.2) is 6.07 Å². The Morgan fingerprint density at radius 2 is 2.00 bits per heavy atom. The number of aromatic nitrogens is 2. The van der Waals surface area contributed by atoms with E-state index in [0.29, 0.717) is 24.3 Å². The smallest absolute Gasteiger partial charge is 0.253 e. The summed E-state index contributed by atoms with van der Waals surface area (Å²) < 4.78 is 0. The van der Waals surface area contributed by atoms with Gasteiger partial charge in [0.15, 0.2) is 0 Å². The molecule has 1 fully saturated rings. The molecule has 1 aliphatic carbocycles. The Bertz CT molecular complexity index is 481. The first-order valence-electron chi connectivity index (χ1n) is 7.35. The van der Waals surface area contributed by atoms with Crippen molar-refractivity contribution in [3.63, 3.8) is 0 Å². The maximum atomic E-state index is 12.3. The van der Waals surface area contributed by atoms with Crippen molar-refractivity contribution in [1.29, 1.82) is 0 Å². The Morgan fingerprint density at radius 3 is 2.65 bits per heavy atom. The molecule has 0 saturated heterocycles. The zero-order valence-electron chi connectivity index (χ0n) is 12.4. The van der Waals surface area contributed by atoms with Crippen LogP contribution in [0.25, 0.3) is 0 Å². The van der Waals surface area contributed by atoms with Gasteiger partial charge in [0.1, 0.15) is 0 Å². The van der Waals surface area contributed by atoms with Crippen molar-refractivity contribution >= 4 is 5.91 Å². The molecule has 110 valence electrons. The topological polar surface area (TPSA) is 80.9 Å². The fraction of sp³-hybridized carbons (Fsp3) is 0.667. The Hall–Kier alpha value is -1.49. The summed E-state index contributed by atoms with van der Waals surface area (Å²) in [6, 6.07) is 1.79. The highest BCUT2D eigenvalue weighted by Crippen LogP contribution is 2.34. The normalized spacial score (nSPS) is 17.8. The minimum atomic E-state index is -0.0705. The maximum Gasteiger partial charge on any atom is 0.253 e. The molecule has 0 atom stereocenters. The molecule has 0 aromatic carbocycles. The largest absolute Gasteiger partial charge is 0.351 e. The molecular weight excluding hydrogens is 252 g/mol. The monoisotopic (exact) mass is 276 g/mol. The number of nitrogens with zero attached hydrogens (tertiary/aromatic N) is 2. The maximum absolute atomic E-state index is 12.3. The summed E-state index contributed by atoms with van der Waals surface area (Å²) in [6.07, 6.45) is 5.92. The molecule has 0 aliphatic heterocycles. The number of hydrogen-bond donors (Lipinski definition) is 2. The lowest BCUT2D eigenvalue weighted by atomic mass is 9.74. The first-order chi connectivity index (χ1) is 9.56. The molecule has 1 amide bonds. The lowest BCUT2D eigenvalue weighted by Gasteiger charge is -2.36. The van der Waals surface area contributed by atoms with Crippen LogP contribution in [-0.2, 0) is 0 Å². The van der Waals surface area contributed by atoms with Crippen molar-refractivity contribution in [2.45, 2.75) is 46.0 Å². The van der Waals surface area contributed by atoms with E-state index in [1.54, 1.807) is 13.0 Å². The van der Waals surface area contributed by atoms with E-state index in [9.17, 15) is 4.79 Å². The zero-order chi connectivity index (χ0) is 14.6. The quantitative estimate of drug-likeness (QED) is 0.877. The Balaban J connectivity index is 2.02. The Kier molecular flexibility index (Phi) is 4.70. The van der Waals surface area contributed by atoms with Gasteiger partial charge in [-0.2, -0.15) is 10.2 Å². The van der Waals surface area contributed by atoms with Crippen molar-refractivity contribution in [1.82, 2.24) is 15.5 Å². The molecule has 3 N–H and O–H groups in total. The Labute approximate surface area is 120 Å². The average Bonchev–Trinajstić information content (AvgIpc) is 2.48. The molecule has 2 rings (SSSR count). The van der Waals surface area contributed by atoms with Gasteiger partial charge in [0, 0.05) is 6.54 Å². The van der Waals surface area contributed by atoms with E-state index < -0.39 is 0 Å². The molecule has 0 spiro atoms. The van der Waals surface area contributed by atoms with Crippen molar-refractivity contribution in [2.24, 2.45) is 11.1 Å². The number of nitrogens with one attached hydrogen (secondary N) is 1. The molecule has 20 heavy (non-hydrogen) atoms. The highest BCUT2D eigenvalue weighted by molar-refractivity contribution is 5.95. The second kappa shape index (κ2) is 6.31. The summed E-state index contributed by atoms with van der Waals surface area (Å²) in [4.78, 5) is 12.3. The third-order valence-electron chi connectivity index (χ3n) is 4.32. The van der Waals surface area contributed by atoms with E-state index in [2.05, 4.69) is 15.5 Å². The fourth-order valence-electron chi connectivity index (χ4n) is 2.90. The number of nitrogens with two attached hydrogens (primary N) is 1. The minimum absolute atomic E-state index is 0.0705. The molecule has 0 bridgehead atoms. The van der Waals surface area contributed by atoms with Crippen LogP contribution in [0, 0.1) is 19.3 Å². The van der Waals surface area contributed by atoms with Crippen molar-refractivity contribution in [2.75, 3.05) is 13.1 Å². The summed E-state index contributed by atoms with van der Waals surface area (Å²) in [5, 5.41) is 11.0. The number of rotatable bonds is 4. The van der Waals surface area contributed by atoms with Crippen LogP contribution >= 0.6 is 0 Å². The number of amides is 1. The molecule has 0 radical (unpaired) electrons. The van der Waals surface area contributed by atoms with E-state index in [1.807, 2.05) is 6.92 Å². The summed E-state index contributed by atoms with van der Waals surface area (Å²) in [5.41, 5.74) is 8.06. The predicted octanol–water partition coefficient (Wildman–Crippen LogP) is 1.73. The second-order valence-electron chi connectivity index (χ2n) is 5.93. The third-order valence-corrected chi connectivity index (χ3v) is 4.32. The van der Waals surface area contributed by atoms with Gasteiger partial charge in [0.2, 0.25) is 0 Å². The van der Waals surface area contributed by atoms with Gasteiger partial charge < -0.3 is 11.1 Å². The van der Waals surface area contributed by atoms with Gasteiger partial charge >= 0.3 is 0 Å². The SMILES string of the molecule is Cc1cc(C(=O)NCC2(CN)CCCCC2)c(C)nn1. The van der Waals surface area contributed by atoms with Crippen LogP contribution < -0.4 is 11.1 Å². The highest BCUT2D eigenvalue weighted by Gasteiger charge is 2.31. The number of aryl methyl sites for hydroxylation is 2. The third kappa shape index (κ3) is 3.33. The highest BCUT2D eigenvalue weighted by atomic mass is 16.1. The molecule has 1 saturated carbocycles. The number of carbonyl (C=O) groups excluding carboxylic acids is 1. The van der Waals surface area contributed by atoms with E-state index >= 15 is 0 Å². The summed E-state index contributed by atoms with van der Waals surface area (Å²) in [5.74, 6) is -0.0705. The fourth-order valence-corrected chi connectivity index (χ4v) is 2.90. The second-order valence-corrected chi connectivity index (χ2v) is 5.93. The van der Waals surface area contributed by atoms with Crippen LogP contribution in [-0.4, -0.2) is 29.2 Å². The van der Waals surface area contributed by atoms with E-state index in [0.717, 1.165) is 18.5 Å². The van der Waals surface area contributed by atoms with Gasteiger partial charge in [-0.25, -0.2) is 0 Å². The lowest BCUT2D eigenvalue weighted by molar-refractivity contribution is 0.0912. The van der Waals surface area contributed by atoms with Crippen molar-refractivity contribution in [3.8, 4) is 0 Å². The lowest BCUT2D eigenvalue weighted by Crippen LogP contribution is -2.43. The predicted molar refractivity (Wildman–Crippen MR) is 78.4 cm³/mol. The summed E-state index contributed by atoms with van der Waals surface area (Å²) in [7, 11) is 0. The summed E-state index contributed by atoms with van der Waals surface area (Å²) >= 11 is 0. The van der Waals surface area contributed by atoms with Crippen molar-refractivity contribution < 1.29 is 4.79 Å². The van der Waals surface area contributed by atoms with Gasteiger partial charge in [-0.15, -0.1) is 0 Å². The molecule has 5 heteroatoms.